The smallest absolute Gasteiger partial charge is 0.347 e. The zero-order valence-corrected chi connectivity index (χ0v) is 25.2. The number of carbonyl (C=O) groups excluding carboxylic acids is 1. The Kier molecular flexibility index (Phi) is 7.97. The maximum atomic E-state index is 12.8. The Labute approximate surface area is 258 Å². The van der Waals surface area contributed by atoms with Crippen molar-refractivity contribution in [2.45, 2.75) is 44.8 Å². The zero-order chi connectivity index (χ0) is 30.8. The van der Waals surface area contributed by atoms with Crippen LogP contribution in [0, 0.1) is 0 Å². The van der Waals surface area contributed by atoms with Crippen molar-refractivity contribution in [2.75, 3.05) is 11.9 Å². The number of nitrogens with zero attached hydrogens (tertiary/aromatic N) is 1. The summed E-state index contributed by atoms with van der Waals surface area (Å²) in [5.41, 5.74) is 4.34. The normalized spacial score (nSPS) is 14.3. The molecule has 1 atom stereocenters. The average molecular weight is 609 g/mol. The van der Waals surface area contributed by atoms with Gasteiger partial charge in [0.15, 0.2) is 5.60 Å². The summed E-state index contributed by atoms with van der Waals surface area (Å²) in [6, 6.07) is 29.2. The molecule has 9 heteroatoms. The third-order valence-electron chi connectivity index (χ3n) is 7.79. The molecule has 1 aliphatic rings. The topological polar surface area (TPSA) is 107 Å². The van der Waals surface area contributed by atoms with Crippen LogP contribution in [-0.2, 0) is 29.0 Å². The van der Waals surface area contributed by atoms with Gasteiger partial charge in [-0.1, -0.05) is 59.9 Å². The molecular formula is C35H32N2O6S. The van der Waals surface area contributed by atoms with E-state index in [2.05, 4.69) is 29.6 Å². The maximum Gasteiger partial charge on any atom is 0.347 e. The Balaban J connectivity index is 1.07. The van der Waals surface area contributed by atoms with Gasteiger partial charge in [-0.15, -0.1) is 0 Å². The number of ether oxygens (including phenoxy) is 2. The van der Waals surface area contributed by atoms with Crippen molar-refractivity contribution in [3.63, 3.8) is 0 Å². The van der Waals surface area contributed by atoms with E-state index in [0.29, 0.717) is 36.8 Å². The number of carboxylic acid groups (broad SMARTS) is 1. The second kappa shape index (κ2) is 12.0. The van der Waals surface area contributed by atoms with Crippen molar-refractivity contribution in [3.8, 4) is 11.5 Å². The highest BCUT2D eigenvalue weighted by atomic mass is 32.1. The van der Waals surface area contributed by atoms with Crippen molar-refractivity contribution in [2.24, 2.45) is 0 Å². The maximum absolute atomic E-state index is 12.8. The van der Waals surface area contributed by atoms with Gasteiger partial charge in [-0.2, -0.15) is 0 Å². The van der Waals surface area contributed by atoms with Crippen LogP contribution in [0.2, 0.25) is 0 Å². The second-order valence-electron chi connectivity index (χ2n) is 11.4. The number of hydrogen-bond acceptors (Lipinski definition) is 6. The van der Waals surface area contributed by atoms with Crippen LogP contribution in [0.3, 0.4) is 0 Å². The van der Waals surface area contributed by atoms with Gasteiger partial charge in [-0.05, 0) is 91.4 Å². The number of amides is 1. The summed E-state index contributed by atoms with van der Waals surface area (Å²) in [7, 11) is 0. The molecule has 2 heterocycles. The van der Waals surface area contributed by atoms with E-state index in [9.17, 15) is 19.5 Å². The van der Waals surface area contributed by atoms with E-state index in [1.54, 1.807) is 22.8 Å². The molecule has 0 saturated carbocycles. The lowest BCUT2D eigenvalue weighted by Gasteiger charge is -2.22. The number of anilines is 1. The summed E-state index contributed by atoms with van der Waals surface area (Å²) in [6.07, 6.45) is 1.29. The van der Waals surface area contributed by atoms with Crippen LogP contribution in [0.5, 0.6) is 11.5 Å². The molecule has 1 aliphatic heterocycles. The van der Waals surface area contributed by atoms with Crippen LogP contribution >= 0.6 is 11.3 Å². The van der Waals surface area contributed by atoms with E-state index in [-0.39, 0.29) is 10.8 Å². The number of thiazole rings is 1. The number of hydrogen-bond donors (Lipinski definition) is 2. The lowest BCUT2D eigenvalue weighted by molar-refractivity contribution is -0.152. The molecule has 224 valence electrons. The van der Waals surface area contributed by atoms with Crippen LogP contribution in [0.1, 0.15) is 42.0 Å². The average Bonchev–Trinajstić information content (AvgIpc) is 3.48. The predicted molar refractivity (Wildman–Crippen MR) is 171 cm³/mol. The summed E-state index contributed by atoms with van der Waals surface area (Å²) in [5, 5.41) is 12.3. The Hall–Kier alpha value is -4.89. The minimum Gasteiger partial charge on any atom is -0.492 e. The molecule has 5 aromatic rings. The third kappa shape index (κ3) is 6.23. The van der Waals surface area contributed by atoms with Crippen LogP contribution in [0.25, 0.3) is 10.2 Å². The fourth-order valence-electron chi connectivity index (χ4n) is 5.38. The van der Waals surface area contributed by atoms with Gasteiger partial charge in [-0.25, -0.2) is 4.79 Å². The first-order valence-electron chi connectivity index (χ1n) is 14.4. The quantitative estimate of drug-likeness (QED) is 0.184. The minimum atomic E-state index is -1.40. The van der Waals surface area contributed by atoms with Crippen molar-refractivity contribution in [1.82, 2.24) is 4.57 Å². The molecule has 4 aromatic carbocycles. The van der Waals surface area contributed by atoms with E-state index >= 15 is 0 Å². The van der Waals surface area contributed by atoms with Crippen LogP contribution in [0.4, 0.5) is 5.69 Å². The van der Waals surface area contributed by atoms with Gasteiger partial charge in [0, 0.05) is 5.69 Å². The van der Waals surface area contributed by atoms with E-state index in [0.717, 1.165) is 27.8 Å². The largest absolute Gasteiger partial charge is 0.492 e. The molecule has 0 spiro atoms. The number of nitrogens with one attached hydrogen (secondary N) is 1. The van der Waals surface area contributed by atoms with E-state index < -0.39 is 17.5 Å². The lowest BCUT2D eigenvalue weighted by Crippen LogP contribution is -2.37. The van der Waals surface area contributed by atoms with E-state index in [1.807, 2.05) is 48.5 Å². The molecule has 44 heavy (non-hydrogen) atoms. The van der Waals surface area contributed by atoms with Crippen molar-refractivity contribution in [3.05, 3.63) is 123 Å². The summed E-state index contributed by atoms with van der Waals surface area (Å²) in [4.78, 5) is 37.0. The molecule has 1 unspecified atom stereocenters. The third-order valence-corrected chi connectivity index (χ3v) is 8.73. The van der Waals surface area contributed by atoms with Crippen molar-refractivity contribution in [1.29, 1.82) is 0 Å². The fourth-order valence-corrected chi connectivity index (χ4v) is 6.37. The first-order chi connectivity index (χ1) is 21.2. The second-order valence-corrected chi connectivity index (χ2v) is 12.4. The van der Waals surface area contributed by atoms with Gasteiger partial charge in [0.2, 0.25) is 5.91 Å². The van der Waals surface area contributed by atoms with Crippen molar-refractivity contribution >= 4 is 39.1 Å². The SMILES string of the molecule is CC(C)(Oc1ccc2c(c1)C(Cc1ccc(OCCn3c(=O)sc4cc(Cc5ccccc5)ccc43)cc1)C(=O)N2)C(=O)O. The number of fused-ring (bicyclic) bond motifs is 2. The summed E-state index contributed by atoms with van der Waals surface area (Å²) in [5.74, 6) is -0.549. The first-order valence-corrected chi connectivity index (χ1v) is 15.2. The highest BCUT2D eigenvalue weighted by Crippen LogP contribution is 2.38. The van der Waals surface area contributed by atoms with Gasteiger partial charge in [-0.3, -0.25) is 14.2 Å². The molecule has 0 bridgehead atoms. The number of aromatic nitrogens is 1. The van der Waals surface area contributed by atoms with Gasteiger partial charge < -0.3 is 19.9 Å². The van der Waals surface area contributed by atoms with Crippen LogP contribution in [-0.4, -0.2) is 33.8 Å². The number of aliphatic carboxylic acids is 1. The molecule has 1 aromatic heterocycles. The van der Waals surface area contributed by atoms with Crippen molar-refractivity contribution < 1.29 is 24.2 Å². The molecular weight excluding hydrogens is 576 g/mol. The molecule has 8 nitrogen and oxygen atoms in total. The fraction of sp³-hybridized carbons (Fsp3) is 0.229. The lowest BCUT2D eigenvalue weighted by atomic mass is 9.93. The van der Waals surface area contributed by atoms with E-state index in [1.165, 1.54) is 36.3 Å². The molecule has 2 N–H and O–H groups in total. The molecule has 0 saturated heterocycles. The number of carbonyl (C=O) groups is 2. The Bertz CT molecular complexity index is 1890. The summed E-state index contributed by atoms with van der Waals surface area (Å²) in [6.45, 7) is 3.73. The summed E-state index contributed by atoms with van der Waals surface area (Å²) < 4.78 is 14.4. The highest BCUT2D eigenvalue weighted by molar-refractivity contribution is 7.16. The molecule has 0 radical (unpaired) electrons. The van der Waals surface area contributed by atoms with Crippen LogP contribution in [0.15, 0.2) is 95.8 Å². The molecule has 0 aliphatic carbocycles. The highest BCUT2D eigenvalue weighted by Gasteiger charge is 2.33. The number of rotatable bonds is 11. The predicted octanol–water partition coefficient (Wildman–Crippen LogP) is 6.25. The van der Waals surface area contributed by atoms with E-state index in [4.69, 9.17) is 9.47 Å². The van der Waals surface area contributed by atoms with Gasteiger partial charge in [0.25, 0.3) is 0 Å². The Morgan fingerprint density at radius 2 is 1.64 bits per heavy atom. The van der Waals surface area contributed by atoms with Gasteiger partial charge in [0.05, 0.1) is 22.7 Å². The van der Waals surface area contributed by atoms with Gasteiger partial charge in [0.1, 0.15) is 18.1 Å². The molecule has 1 amide bonds. The molecule has 6 rings (SSSR count). The van der Waals surface area contributed by atoms with Gasteiger partial charge >= 0.3 is 10.8 Å². The Morgan fingerprint density at radius 1 is 0.909 bits per heavy atom. The standard InChI is InChI=1S/C35H32N2O6S/c1-35(2,33(39)40)43-26-13-14-29-27(21-26)28(32(38)36-29)19-23-8-11-25(12-9-23)42-17-16-37-30-15-10-24(20-31(30)44-34(37)41)18-22-6-4-3-5-7-22/h3-15,20-21,28H,16-19H2,1-2H3,(H,36,38)(H,39,40). The minimum absolute atomic E-state index is 0.00832. The first kappa shape index (κ1) is 29.2. The molecule has 0 fully saturated rings. The monoisotopic (exact) mass is 608 g/mol. The Morgan fingerprint density at radius 3 is 2.39 bits per heavy atom. The number of benzene rings is 4. The number of carboxylic acids is 1. The zero-order valence-electron chi connectivity index (χ0n) is 24.4. The van der Waals surface area contributed by atoms with Crippen LogP contribution < -0.4 is 19.7 Å². The summed E-state index contributed by atoms with van der Waals surface area (Å²) >= 11 is 1.25.